The maximum absolute atomic E-state index is 10.5. The fraction of sp³-hybridized carbons (Fsp3) is 0.714. The molecule has 1 aliphatic rings. The molecule has 0 radical (unpaired) electrons. The molecule has 12 heavy (non-hydrogen) atoms. The highest BCUT2D eigenvalue weighted by Crippen LogP contribution is 2.18. The molecule has 0 amide bonds. The first kappa shape index (κ1) is 8.99. The van der Waals surface area contributed by atoms with Crippen molar-refractivity contribution >= 4 is 11.9 Å². The Morgan fingerprint density at radius 1 is 1.33 bits per heavy atom. The van der Waals surface area contributed by atoms with Gasteiger partial charge in [0.05, 0.1) is 6.61 Å². The lowest BCUT2D eigenvalue weighted by Gasteiger charge is -2.13. The first-order chi connectivity index (χ1) is 5.59. The maximum atomic E-state index is 10.5. The van der Waals surface area contributed by atoms with Gasteiger partial charge in [0.2, 0.25) is 0 Å². The van der Waals surface area contributed by atoms with Crippen LogP contribution in [0.3, 0.4) is 0 Å². The average Bonchev–Trinajstić information content (AvgIpc) is 2.63. The van der Waals surface area contributed by atoms with E-state index in [0.717, 1.165) is 0 Å². The Morgan fingerprint density at radius 3 is 2.00 bits per heavy atom. The summed E-state index contributed by atoms with van der Waals surface area (Å²) in [6.07, 6.45) is -1.15. The molecular formula is C7H10O5. The molecule has 0 aromatic heterocycles. The van der Waals surface area contributed by atoms with Crippen LogP contribution in [-0.2, 0) is 23.8 Å². The van der Waals surface area contributed by atoms with Crippen molar-refractivity contribution in [3.63, 3.8) is 0 Å². The van der Waals surface area contributed by atoms with E-state index in [0.29, 0.717) is 6.61 Å². The number of carbonyl (C=O) groups excluding carboxylic acids is 2. The molecule has 0 aliphatic carbocycles. The number of hydrogen-bond donors (Lipinski definition) is 0. The van der Waals surface area contributed by atoms with Gasteiger partial charge in [-0.15, -0.1) is 0 Å². The third-order valence-electron chi connectivity index (χ3n) is 1.23. The van der Waals surface area contributed by atoms with Crippen LogP contribution in [0.4, 0.5) is 0 Å². The van der Waals surface area contributed by atoms with E-state index in [9.17, 15) is 9.59 Å². The third kappa shape index (κ3) is 2.87. The van der Waals surface area contributed by atoms with Crippen LogP contribution in [0.5, 0.6) is 0 Å². The van der Waals surface area contributed by atoms with Gasteiger partial charge in [-0.2, -0.15) is 0 Å². The Balaban J connectivity index is 2.37. The topological polar surface area (TPSA) is 65.1 Å². The monoisotopic (exact) mass is 174 g/mol. The van der Waals surface area contributed by atoms with E-state index in [4.69, 9.17) is 4.74 Å². The third-order valence-corrected chi connectivity index (χ3v) is 1.23. The van der Waals surface area contributed by atoms with Crippen molar-refractivity contribution in [3.8, 4) is 0 Å². The average molecular weight is 174 g/mol. The first-order valence-electron chi connectivity index (χ1n) is 3.55. The predicted molar refractivity (Wildman–Crippen MR) is 37.1 cm³/mol. The van der Waals surface area contributed by atoms with Gasteiger partial charge in [0.15, 0.2) is 6.10 Å². The molecule has 0 aromatic rings. The van der Waals surface area contributed by atoms with Gasteiger partial charge in [0.1, 0.15) is 0 Å². The predicted octanol–water partition coefficient (Wildman–Crippen LogP) is -0.163. The summed E-state index contributed by atoms with van der Waals surface area (Å²) in [7, 11) is 0. The van der Waals surface area contributed by atoms with E-state index in [-0.39, 0.29) is 6.10 Å². The van der Waals surface area contributed by atoms with Gasteiger partial charge in [-0.25, -0.2) is 0 Å². The van der Waals surface area contributed by atoms with E-state index < -0.39 is 18.2 Å². The summed E-state index contributed by atoms with van der Waals surface area (Å²) >= 11 is 0. The highest BCUT2D eigenvalue weighted by molar-refractivity contribution is 5.68. The lowest BCUT2D eigenvalue weighted by atomic mass is 10.4. The lowest BCUT2D eigenvalue weighted by Crippen LogP contribution is -2.27. The zero-order valence-corrected chi connectivity index (χ0v) is 6.90. The van der Waals surface area contributed by atoms with E-state index >= 15 is 0 Å². The fourth-order valence-electron chi connectivity index (χ4n) is 0.716. The van der Waals surface area contributed by atoms with E-state index in [1.807, 2.05) is 0 Å². The van der Waals surface area contributed by atoms with Crippen molar-refractivity contribution in [2.45, 2.75) is 26.2 Å². The molecule has 68 valence electrons. The van der Waals surface area contributed by atoms with Crippen LogP contribution in [0.1, 0.15) is 13.8 Å². The molecule has 1 fully saturated rings. The Hall–Kier alpha value is -1.10. The normalized spacial score (nSPS) is 20.4. The van der Waals surface area contributed by atoms with E-state index in [2.05, 4.69) is 9.47 Å². The Morgan fingerprint density at radius 2 is 1.75 bits per heavy atom. The summed E-state index contributed by atoms with van der Waals surface area (Å²) in [6, 6.07) is 0. The molecule has 0 aromatic carbocycles. The highest BCUT2D eigenvalue weighted by atomic mass is 16.7. The van der Waals surface area contributed by atoms with Gasteiger partial charge in [-0.3, -0.25) is 9.59 Å². The number of epoxide rings is 1. The lowest BCUT2D eigenvalue weighted by molar-refractivity contribution is -0.188. The van der Waals surface area contributed by atoms with Crippen LogP contribution in [-0.4, -0.2) is 30.9 Å². The van der Waals surface area contributed by atoms with Crippen LogP contribution in [0.15, 0.2) is 0 Å². The Kier molecular flexibility index (Phi) is 2.65. The molecular weight excluding hydrogens is 164 g/mol. The van der Waals surface area contributed by atoms with Crippen molar-refractivity contribution < 1.29 is 23.8 Å². The zero-order chi connectivity index (χ0) is 9.14. The number of carbonyl (C=O) groups is 2. The molecule has 1 heterocycles. The molecule has 1 saturated heterocycles. The molecule has 0 saturated carbocycles. The summed E-state index contributed by atoms with van der Waals surface area (Å²) in [6.45, 7) is 2.96. The molecule has 5 heteroatoms. The molecule has 1 atom stereocenters. The number of rotatable bonds is 3. The summed E-state index contributed by atoms with van der Waals surface area (Å²) in [5.74, 6) is -0.978. The fourth-order valence-corrected chi connectivity index (χ4v) is 0.716. The number of esters is 2. The zero-order valence-electron chi connectivity index (χ0n) is 6.90. The van der Waals surface area contributed by atoms with E-state index in [1.54, 1.807) is 0 Å². The van der Waals surface area contributed by atoms with Gasteiger partial charge in [-0.1, -0.05) is 0 Å². The van der Waals surface area contributed by atoms with Gasteiger partial charge in [-0.05, 0) is 0 Å². The maximum Gasteiger partial charge on any atom is 0.305 e. The quantitative estimate of drug-likeness (QED) is 0.338. The molecule has 1 aliphatic heterocycles. The smallest absolute Gasteiger partial charge is 0.305 e. The second kappa shape index (κ2) is 3.53. The van der Waals surface area contributed by atoms with Crippen molar-refractivity contribution in [2.75, 3.05) is 6.61 Å². The van der Waals surface area contributed by atoms with Gasteiger partial charge in [0, 0.05) is 13.8 Å². The van der Waals surface area contributed by atoms with Crippen molar-refractivity contribution in [2.24, 2.45) is 0 Å². The van der Waals surface area contributed by atoms with Crippen LogP contribution in [0, 0.1) is 0 Å². The second-order valence-electron chi connectivity index (χ2n) is 2.46. The van der Waals surface area contributed by atoms with Crippen LogP contribution in [0.2, 0.25) is 0 Å². The second-order valence-corrected chi connectivity index (χ2v) is 2.46. The van der Waals surface area contributed by atoms with Crippen molar-refractivity contribution in [1.29, 1.82) is 0 Å². The molecule has 0 N–H and O–H groups in total. The van der Waals surface area contributed by atoms with E-state index in [1.165, 1.54) is 13.8 Å². The van der Waals surface area contributed by atoms with Gasteiger partial charge < -0.3 is 14.2 Å². The number of ether oxygens (including phenoxy) is 3. The molecule has 0 spiro atoms. The minimum Gasteiger partial charge on any atom is -0.422 e. The summed E-state index contributed by atoms with van der Waals surface area (Å²) in [5.41, 5.74) is 0. The Bertz CT molecular complexity index is 180. The largest absolute Gasteiger partial charge is 0.422 e. The standard InChI is InChI=1S/C7H10O5/c1-4(8)11-7(6-3-10-6)12-5(2)9/h6-7H,3H2,1-2H3. The molecule has 5 nitrogen and oxygen atoms in total. The first-order valence-corrected chi connectivity index (χ1v) is 3.55. The van der Waals surface area contributed by atoms with Crippen LogP contribution >= 0.6 is 0 Å². The van der Waals surface area contributed by atoms with Crippen LogP contribution in [0.25, 0.3) is 0 Å². The minimum absolute atomic E-state index is 0.280. The molecule has 0 bridgehead atoms. The van der Waals surface area contributed by atoms with Gasteiger partial charge in [0.25, 0.3) is 6.29 Å². The van der Waals surface area contributed by atoms with Gasteiger partial charge >= 0.3 is 11.9 Å². The summed E-state index contributed by atoms with van der Waals surface area (Å²) in [5, 5.41) is 0. The number of hydrogen-bond acceptors (Lipinski definition) is 5. The molecule has 1 unspecified atom stereocenters. The highest BCUT2D eigenvalue weighted by Gasteiger charge is 2.37. The van der Waals surface area contributed by atoms with Crippen LogP contribution < -0.4 is 0 Å². The SMILES string of the molecule is CC(=O)OC(OC(C)=O)C1CO1. The summed E-state index contributed by atoms with van der Waals surface area (Å²) < 4.78 is 14.2. The minimum atomic E-state index is -0.875. The summed E-state index contributed by atoms with van der Waals surface area (Å²) in [4.78, 5) is 21.0. The molecule has 1 rings (SSSR count). The van der Waals surface area contributed by atoms with Crippen molar-refractivity contribution in [3.05, 3.63) is 0 Å². The Labute approximate surface area is 69.6 Å². The van der Waals surface area contributed by atoms with Crippen molar-refractivity contribution in [1.82, 2.24) is 0 Å².